The zero-order valence-corrected chi connectivity index (χ0v) is 22.8. The maximum absolute atomic E-state index is 13.0. The van der Waals surface area contributed by atoms with E-state index in [9.17, 15) is 14.4 Å². The highest BCUT2D eigenvalue weighted by Crippen LogP contribution is 2.40. The number of hydrogen-bond acceptors (Lipinski definition) is 4. The van der Waals surface area contributed by atoms with E-state index in [-0.39, 0.29) is 0 Å². The SMILES string of the molecule is O=C(c1ccccc1)n1c(=O)ccn(CCCCCOC(c2ccccc2)(c2ccccc2)c2ccccc2)c1=O. The van der Waals surface area contributed by atoms with Crippen LogP contribution in [0.15, 0.2) is 143 Å². The number of ether oxygens (including phenoxy) is 1. The van der Waals surface area contributed by atoms with E-state index in [4.69, 9.17) is 4.74 Å². The number of aryl methyl sites for hydroxylation is 1. The lowest BCUT2D eigenvalue weighted by Crippen LogP contribution is -2.43. The maximum Gasteiger partial charge on any atom is 0.338 e. The molecule has 1 heterocycles. The van der Waals surface area contributed by atoms with E-state index in [1.807, 2.05) is 54.6 Å². The van der Waals surface area contributed by atoms with Crippen LogP contribution in [0.4, 0.5) is 0 Å². The van der Waals surface area contributed by atoms with Gasteiger partial charge < -0.3 is 9.30 Å². The number of hydrogen-bond donors (Lipinski definition) is 0. The van der Waals surface area contributed by atoms with Crippen molar-refractivity contribution in [3.63, 3.8) is 0 Å². The Morgan fingerprint density at radius 1 is 0.610 bits per heavy atom. The number of unbranched alkanes of at least 4 members (excludes halogenated alkanes) is 2. The van der Waals surface area contributed by atoms with Gasteiger partial charge in [-0.05, 0) is 48.1 Å². The molecule has 41 heavy (non-hydrogen) atoms. The highest BCUT2D eigenvalue weighted by Gasteiger charge is 2.37. The first kappa shape index (κ1) is 27.7. The highest BCUT2D eigenvalue weighted by molar-refractivity contribution is 5.95. The fourth-order valence-corrected chi connectivity index (χ4v) is 5.14. The summed E-state index contributed by atoms with van der Waals surface area (Å²) in [6, 6.07) is 40.4. The monoisotopic (exact) mass is 544 g/mol. The van der Waals surface area contributed by atoms with Crippen molar-refractivity contribution >= 4 is 5.91 Å². The number of nitrogens with zero attached hydrogens (tertiary/aromatic N) is 2. The molecule has 0 aliphatic rings. The first-order valence-corrected chi connectivity index (χ1v) is 13.8. The summed E-state index contributed by atoms with van der Waals surface area (Å²) in [5.74, 6) is -0.623. The average molecular weight is 545 g/mol. The van der Waals surface area contributed by atoms with Crippen LogP contribution in [0.25, 0.3) is 0 Å². The smallest absolute Gasteiger partial charge is 0.338 e. The Bertz CT molecular complexity index is 1580. The van der Waals surface area contributed by atoms with Gasteiger partial charge in [0.15, 0.2) is 0 Å². The molecule has 0 aliphatic heterocycles. The summed E-state index contributed by atoms with van der Waals surface area (Å²) in [5.41, 5.74) is 1.42. The average Bonchev–Trinajstić information content (AvgIpc) is 3.03. The second-order valence-electron chi connectivity index (χ2n) is 9.82. The van der Waals surface area contributed by atoms with Crippen LogP contribution in [0.5, 0.6) is 0 Å². The van der Waals surface area contributed by atoms with Gasteiger partial charge in [-0.15, -0.1) is 0 Å². The van der Waals surface area contributed by atoms with Crippen molar-refractivity contribution in [1.82, 2.24) is 9.13 Å². The van der Waals surface area contributed by atoms with Gasteiger partial charge in [-0.3, -0.25) is 9.59 Å². The van der Waals surface area contributed by atoms with Crippen LogP contribution in [-0.2, 0) is 16.9 Å². The molecule has 0 saturated carbocycles. The molecule has 5 aromatic rings. The summed E-state index contributed by atoms with van der Waals surface area (Å²) >= 11 is 0. The van der Waals surface area contributed by atoms with Crippen molar-refractivity contribution in [2.45, 2.75) is 31.4 Å². The maximum atomic E-state index is 13.0. The van der Waals surface area contributed by atoms with E-state index < -0.39 is 22.8 Å². The number of carbonyl (C=O) groups is 1. The Hall–Kier alpha value is -4.81. The van der Waals surface area contributed by atoms with E-state index in [0.29, 0.717) is 29.7 Å². The zero-order chi connectivity index (χ0) is 28.5. The molecule has 0 unspecified atom stereocenters. The standard InChI is InChI=1S/C35H32N2O4/c38-32-24-26-36(34(40)37(32)33(39)28-16-6-1-7-17-28)25-14-5-15-27-41-35(29-18-8-2-9-19-29,30-20-10-3-11-21-30)31-22-12-4-13-23-31/h1-4,6-13,16-24,26H,5,14-15,25,27H2. The van der Waals surface area contributed by atoms with Crippen molar-refractivity contribution in [3.05, 3.63) is 177 Å². The molecule has 0 amide bonds. The fraction of sp³-hybridized carbons (Fsp3) is 0.171. The summed E-state index contributed by atoms with van der Waals surface area (Å²) in [6.45, 7) is 0.891. The van der Waals surface area contributed by atoms with Crippen molar-refractivity contribution < 1.29 is 9.53 Å². The van der Waals surface area contributed by atoms with E-state index in [1.54, 1.807) is 30.3 Å². The number of carbonyl (C=O) groups excluding carboxylic acids is 1. The topological polar surface area (TPSA) is 70.3 Å². The van der Waals surface area contributed by atoms with E-state index in [2.05, 4.69) is 36.4 Å². The van der Waals surface area contributed by atoms with Gasteiger partial charge in [-0.2, -0.15) is 4.57 Å². The first-order chi connectivity index (χ1) is 20.1. The van der Waals surface area contributed by atoms with Gasteiger partial charge in [0.1, 0.15) is 5.60 Å². The molecule has 6 nitrogen and oxygen atoms in total. The minimum absolute atomic E-state index is 0.292. The molecule has 0 atom stereocenters. The first-order valence-electron chi connectivity index (χ1n) is 13.8. The molecule has 0 N–H and O–H groups in total. The molecule has 206 valence electrons. The van der Waals surface area contributed by atoms with Crippen molar-refractivity contribution in [2.75, 3.05) is 6.61 Å². The molecule has 0 bridgehead atoms. The molecule has 0 radical (unpaired) electrons. The Morgan fingerprint density at radius 3 is 1.61 bits per heavy atom. The molecule has 0 saturated heterocycles. The molecule has 0 spiro atoms. The van der Waals surface area contributed by atoms with Crippen LogP contribution in [0.1, 0.15) is 46.3 Å². The highest BCUT2D eigenvalue weighted by atomic mass is 16.5. The van der Waals surface area contributed by atoms with Gasteiger partial charge in [0.2, 0.25) is 0 Å². The molecule has 5 rings (SSSR count). The van der Waals surface area contributed by atoms with Crippen LogP contribution in [0.2, 0.25) is 0 Å². The molecular formula is C35H32N2O4. The number of rotatable bonds is 11. The quantitative estimate of drug-likeness (QED) is 0.154. The molecule has 1 aromatic heterocycles. The van der Waals surface area contributed by atoms with Gasteiger partial charge in [-0.1, -0.05) is 109 Å². The summed E-state index contributed by atoms with van der Waals surface area (Å²) < 4.78 is 8.94. The third-order valence-electron chi connectivity index (χ3n) is 7.18. The Labute approximate surface area is 239 Å². The van der Waals surface area contributed by atoms with Crippen LogP contribution < -0.4 is 11.2 Å². The summed E-state index contributed by atoms with van der Waals surface area (Å²) in [4.78, 5) is 38.2. The van der Waals surface area contributed by atoms with Crippen molar-refractivity contribution in [3.8, 4) is 0 Å². The summed E-state index contributed by atoms with van der Waals surface area (Å²) in [7, 11) is 0. The molecule has 4 aromatic carbocycles. The summed E-state index contributed by atoms with van der Waals surface area (Å²) in [5, 5.41) is 0. The van der Waals surface area contributed by atoms with Gasteiger partial charge in [0.05, 0.1) is 0 Å². The van der Waals surface area contributed by atoms with Crippen LogP contribution >= 0.6 is 0 Å². The third kappa shape index (κ3) is 6.03. The Kier molecular flexibility index (Phi) is 8.82. The van der Waals surface area contributed by atoms with E-state index >= 15 is 0 Å². The fourth-order valence-electron chi connectivity index (χ4n) is 5.14. The predicted molar refractivity (Wildman–Crippen MR) is 160 cm³/mol. The lowest BCUT2D eigenvalue weighted by atomic mass is 9.80. The van der Waals surface area contributed by atoms with E-state index in [1.165, 1.54) is 16.8 Å². The van der Waals surface area contributed by atoms with Crippen LogP contribution in [-0.4, -0.2) is 21.6 Å². The van der Waals surface area contributed by atoms with Gasteiger partial charge in [0.25, 0.3) is 11.5 Å². The van der Waals surface area contributed by atoms with Crippen molar-refractivity contribution in [2.24, 2.45) is 0 Å². The Morgan fingerprint density at radius 2 is 1.10 bits per heavy atom. The van der Waals surface area contributed by atoms with Crippen LogP contribution in [0, 0.1) is 0 Å². The van der Waals surface area contributed by atoms with Gasteiger partial charge >= 0.3 is 5.69 Å². The molecule has 6 heteroatoms. The lowest BCUT2D eigenvalue weighted by Gasteiger charge is -2.36. The van der Waals surface area contributed by atoms with Crippen LogP contribution in [0.3, 0.4) is 0 Å². The van der Waals surface area contributed by atoms with Gasteiger partial charge in [0, 0.05) is 31.0 Å². The number of benzene rings is 4. The minimum Gasteiger partial charge on any atom is -0.361 e. The predicted octanol–water partition coefficient (Wildman–Crippen LogP) is 5.88. The molecular weight excluding hydrogens is 512 g/mol. The van der Waals surface area contributed by atoms with Crippen molar-refractivity contribution in [1.29, 1.82) is 0 Å². The third-order valence-corrected chi connectivity index (χ3v) is 7.18. The summed E-state index contributed by atoms with van der Waals surface area (Å²) in [6.07, 6.45) is 3.72. The Balaban J connectivity index is 1.29. The largest absolute Gasteiger partial charge is 0.361 e. The second-order valence-corrected chi connectivity index (χ2v) is 9.82. The van der Waals surface area contributed by atoms with E-state index in [0.717, 1.165) is 29.5 Å². The van der Waals surface area contributed by atoms with Gasteiger partial charge in [-0.25, -0.2) is 4.79 Å². The molecule has 0 aliphatic carbocycles. The lowest BCUT2D eigenvalue weighted by molar-refractivity contribution is 0.0106. The minimum atomic E-state index is -0.770. The normalized spacial score (nSPS) is 11.3. The number of aromatic nitrogens is 2. The molecule has 0 fully saturated rings. The second kappa shape index (κ2) is 13.0. The zero-order valence-electron chi connectivity index (χ0n) is 22.8.